The van der Waals surface area contributed by atoms with Crippen molar-refractivity contribution in [3.8, 4) is 5.75 Å². The molecule has 23 heavy (non-hydrogen) atoms. The zero-order valence-corrected chi connectivity index (χ0v) is 15.7. The molecular weight excluding hydrogens is 282 g/mol. The first-order chi connectivity index (χ1) is 11.1. The highest BCUT2D eigenvalue weighted by Crippen LogP contribution is 2.13. The molecule has 0 bridgehead atoms. The Kier molecular flexibility index (Phi) is 10.8. The zero-order valence-electron chi connectivity index (χ0n) is 15.7. The summed E-state index contributed by atoms with van der Waals surface area (Å²) in [6.07, 6.45) is 8.21. The Morgan fingerprint density at radius 2 is 1.48 bits per heavy atom. The average molecular weight is 320 g/mol. The highest BCUT2D eigenvalue weighted by molar-refractivity contribution is 5.27. The van der Waals surface area contributed by atoms with E-state index in [-0.39, 0.29) is 0 Å². The Bertz CT molecular complexity index is 383. The molecule has 0 unspecified atom stereocenters. The summed E-state index contributed by atoms with van der Waals surface area (Å²) in [5.74, 6) is 2.41. The lowest BCUT2D eigenvalue weighted by Crippen LogP contribution is -2.14. The van der Waals surface area contributed by atoms with Gasteiger partial charge in [-0.25, -0.2) is 0 Å². The standard InChI is InChI=1S/C21H37NO/c1-18(2)10-8-6-5-7-9-15-22-16-20-11-13-21(14-12-20)23-17-19(3)4/h11-14,18-19,22H,5-10,15-17H2,1-4H3. The van der Waals surface area contributed by atoms with Crippen molar-refractivity contribution in [1.29, 1.82) is 0 Å². The lowest BCUT2D eigenvalue weighted by Gasteiger charge is -2.10. The zero-order chi connectivity index (χ0) is 16.9. The van der Waals surface area contributed by atoms with Crippen molar-refractivity contribution in [3.63, 3.8) is 0 Å². The van der Waals surface area contributed by atoms with E-state index in [4.69, 9.17) is 4.74 Å². The first kappa shape index (κ1) is 20.0. The first-order valence-corrected chi connectivity index (χ1v) is 9.50. The normalized spacial score (nSPS) is 11.4. The maximum atomic E-state index is 5.71. The second kappa shape index (κ2) is 12.4. The van der Waals surface area contributed by atoms with Crippen LogP contribution in [0, 0.1) is 11.8 Å². The fourth-order valence-electron chi connectivity index (χ4n) is 2.53. The van der Waals surface area contributed by atoms with Gasteiger partial charge in [0.1, 0.15) is 5.75 Å². The van der Waals surface area contributed by atoms with E-state index >= 15 is 0 Å². The van der Waals surface area contributed by atoms with Crippen molar-refractivity contribution in [1.82, 2.24) is 5.32 Å². The van der Waals surface area contributed by atoms with Gasteiger partial charge in [0.05, 0.1) is 6.61 Å². The van der Waals surface area contributed by atoms with Gasteiger partial charge in [-0.3, -0.25) is 0 Å². The minimum absolute atomic E-state index is 0.571. The molecule has 0 heterocycles. The summed E-state index contributed by atoms with van der Waals surface area (Å²) < 4.78 is 5.71. The Morgan fingerprint density at radius 1 is 0.826 bits per heavy atom. The molecule has 0 saturated heterocycles. The summed E-state index contributed by atoms with van der Waals surface area (Å²) in [7, 11) is 0. The number of hydrogen-bond donors (Lipinski definition) is 1. The molecule has 0 saturated carbocycles. The molecule has 1 aromatic rings. The largest absolute Gasteiger partial charge is 0.493 e. The summed E-state index contributed by atoms with van der Waals surface area (Å²) in [5, 5.41) is 3.54. The predicted octanol–water partition coefficient (Wildman–Crippen LogP) is 5.81. The van der Waals surface area contributed by atoms with Crippen LogP contribution in [-0.4, -0.2) is 13.2 Å². The Balaban J connectivity index is 2.01. The van der Waals surface area contributed by atoms with Crippen LogP contribution in [0.5, 0.6) is 5.75 Å². The second-order valence-corrected chi connectivity index (χ2v) is 7.48. The molecule has 1 N–H and O–H groups in total. The highest BCUT2D eigenvalue weighted by atomic mass is 16.5. The van der Waals surface area contributed by atoms with E-state index in [1.165, 1.54) is 44.1 Å². The smallest absolute Gasteiger partial charge is 0.119 e. The van der Waals surface area contributed by atoms with Crippen LogP contribution in [0.3, 0.4) is 0 Å². The van der Waals surface area contributed by atoms with E-state index in [0.717, 1.165) is 31.4 Å². The number of unbranched alkanes of at least 4 members (excludes halogenated alkanes) is 4. The summed E-state index contributed by atoms with van der Waals surface area (Å²) in [6.45, 7) is 11.8. The van der Waals surface area contributed by atoms with Crippen LogP contribution in [0.4, 0.5) is 0 Å². The summed E-state index contributed by atoms with van der Waals surface area (Å²) in [6, 6.07) is 8.48. The van der Waals surface area contributed by atoms with E-state index in [9.17, 15) is 0 Å². The van der Waals surface area contributed by atoms with E-state index < -0.39 is 0 Å². The third-order valence-electron chi connectivity index (χ3n) is 3.97. The molecule has 0 atom stereocenters. The molecule has 2 nitrogen and oxygen atoms in total. The Hall–Kier alpha value is -1.02. The van der Waals surface area contributed by atoms with Crippen molar-refractivity contribution >= 4 is 0 Å². The van der Waals surface area contributed by atoms with E-state index in [2.05, 4.69) is 57.3 Å². The number of hydrogen-bond acceptors (Lipinski definition) is 2. The Labute approximate surface area is 144 Å². The molecule has 0 spiro atoms. The maximum absolute atomic E-state index is 5.71. The van der Waals surface area contributed by atoms with Crippen LogP contribution in [0.25, 0.3) is 0 Å². The van der Waals surface area contributed by atoms with Crippen LogP contribution < -0.4 is 10.1 Å². The minimum Gasteiger partial charge on any atom is -0.493 e. The molecule has 1 aromatic carbocycles. The van der Waals surface area contributed by atoms with Crippen LogP contribution in [0.15, 0.2) is 24.3 Å². The van der Waals surface area contributed by atoms with Gasteiger partial charge < -0.3 is 10.1 Å². The monoisotopic (exact) mass is 319 g/mol. The number of ether oxygens (including phenoxy) is 1. The van der Waals surface area contributed by atoms with Gasteiger partial charge >= 0.3 is 0 Å². The van der Waals surface area contributed by atoms with Crippen LogP contribution in [0.1, 0.15) is 71.8 Å². The van der Waals surface area contributed by atoms with Crippen LogP contribution >= 0.6 is 0 Å². The fraction of sp³-hybridized carbons (Fsp3) is 0.714. The molecule has 0 radical (unpaired) electrons. The van der Waals surface area contributed by atoms with Crippen molar-refractivity contribution in [2.24, 2.45) is 11.8 Å². The Morgan fingerprint density at radius 3 is 2.13 bits per heavy atom. The topological polar surface area (TPSA) is 21.3 Å². The molecule has 1 rings (SSSR count). The molecular formula is C21H37NO. The third kappa shape index (κ3) is 11.2. The van der Waals surface area contributed by atoms with Gasteiger partial charge in [0, 0.05) is 6.54 Å². The van der Waals surface area contributed by atoms with Gasteiger partial charge in [-0.15, -0.1) is 0 Å². The molecule has 0 amide bonds. The molecule has 0 fully saturated rings. The molecule has 0 aromatic heterocycles. The highest BCUT2D eigenvalue weighted by Gasteiger charge is 1.98. The molecule has 0 aliphatic carbocycles. The van der Waals surface area contributed by atoms with Crippen molar-refractivity contribution in [2.45, 2.75) is 72.8 Å². The predicted molar refractivity (Wildman–Crippen MR) is 101 cm³/mol. The van der Waals surface area contributed by atoms with Crippen LogP contribution in [0.2, 0.25) is 0 Å². The minimum atomic E-state index is 0.571. The van der Waals surface area contributed by atoms with Crippen molar-refractivity contribution in [3.05, 3.63) is 29.8 Å². The maximum Gasteiger partial charge on any atom is 0.119 e. The average Bonchev–Trinajstić information content (AvgIpc) is 2.52. The van der Waals surface area contributed by atoms with E-state index in [1.807, 2.05) is 0 Å². The summed E-state index contributed by atoms with van der Waals surface area (Å²) >= 11 is 0. The van der Waals surface area contributed by atoms with Gasteiger partial charge in [0.15, 0.2) is 0 Å². The van der Waals surface area contributed by atoms with E-state index in [0.29, 0.717) is 5.92 Å². The molecule has 2 heteroatoms. The second-order valence-electron chi connectivity index (χ2n) is 7.48. The summed E-state index contributed by atoms with van der Waals surface area (Å²) in [5.41, 5.74) is 1.33. The molecule has 0 aliphatic heterocycles. The van der Waals surface area contributed by atoms with Gasteiger partial charge in [-0.05, 0) is 42.5 Å². The van der Waals surface area contributed by atoms with Crippen LogP contribution in [-0.2, 0) is 6.54 Å². The first-order valence-electron chi connectivity index (χ1n) is 9.50. The van der Waals surface area contributed by atoms with Gasteiger partial charge in [0.2, 0.25) is 0 Å². The van der Waals surface area contributed by atoms with Gasteiger partial charge in [0.25, 0.3) is 0 Å². The summed E-state index contributed by atoms with van der Waals surface area (Å²) in [4.78, 5) is 0. The molecule has 132 valence electrons. The van der Waals surface area contributed by atoms with Gasteiger partial charge in [-0.2, -0.15) is 0 Å². The van der Waals surface area contributed by atoms with Gasteiger partial charge in [-0.1, -0.05) is 71.9 Å². The number of nitrogens with one attached hydrogen (secondary N) is 1. The fourth-order valence-corrected chi connectivity index (χ4v) is 2.53. The number of rotatable bonds is 13. The number of benzene rings is 1. The quantitative estimate of drug-likeness (QED) is 0.463. The van der Waals surface area contributed by atoms with E-state index in [1.54, 1.807) is 0 Å². The lowest BCUT2D eigenvalue weighted by molar-refractivity contribution is 0.271. The van der Waals surface area contributed by atoms with Crippen molar-refractivity contribution in [2.75, 3.05) is 13.2 Å². The third-order valence-corrected chi connectivity index (χ3v) is 3.97. The SMILES string of the molecule is CC(C)CCCCCCCNCc1ccc(OCC(C)C)cc1. The molecule has 0 aliphatic rings. The lowest BCUT2D eigenvalue weighted by atomic mass is 10.0. The van der Waals surface area contributed by atoms with Crippen molar-refractivity contribution < 1.29 is 4.74 Å².